The van der Waals surface area contributed by atoms with Crippen LogP contribution in [0, 0.1) is 6.57 Å². The van der Waals surface area contributed by atoms with Gasteiger partial charge in [-0.2, -0.15) is 0 Å². The van der Waals surface area contributed by atoms with Crippen LogP contribution in [0.25, 0.3) is 4.85 Å². The number of hydrogen-bond donors (Lipinski definition) is 0. The molecule has 0 amide bonds. The van der Waals surface area contributed by atoms with Crippen LogP contribution in [0.3, 0.4) is 0 Å². The Kier molecular flexibility index (Phi) is 3.27. The predicted octanol–water partition coefficient (Wildman–Crippen LogP) is 2.29. The summed E-state index contributed by atoms with van der Waals surface area (Å²) in [6.45, 7) is 11.0. The van der Waals surface area contributed by atoms with Gasteiger partial charge in [0.2, 0.25) is 12.4 Å². The minimum absolute atomic E-state index is 0.138. The molecule has 0 aliphatic heterocycles. The minimum Gasteiger partial charge on any atom is -0.475 e. The monoisotopic (exact) mass is 176 g/mol. The van der Waals surface area contributed by atoms with Crippen molar-refractivity contribution in [1.82, 2.24) is 4.98 Å². The number of pyridine rings is 1. The van der Waals surface area contributed by atoms with E-state index in [2.05, 4.69) is 9.83 Å². The van der Waals surface area contributed by atoms with E-state index in [9.17, 15) is 0 Å². The van der Waals surface area contributed by atoms with Crippen LogP contribution in [-0.4, -0.2) is 11.1 Å². The number of nitrogens with zero attached hydrogens (tertiary/aromatic N) is 2. The van der Waals surface area contributed by atoms with Gasteiger partial charge in [-0.1, -0.05) is 0 Å². The molecule has 0 spiro atoms. The highest BCUT2D eigenvalue weighted by molar-refractivity contribution is 5.18. The number of rotatable bonds is 3. The predicted molar refractivity (Wildman–Crippen MR) is 50.3 cm³/mol. The molecule has 1 aromatic heterocycles. The Hall–Kier alpha value is -1.56. The average Bonchev–Trinajstić information content (AvgIpc) is 2.08. The van der Waals surface area contributed by atoms with Crippen LogP contribution in [-0.2, 0) is 6.54 Å². The van der Waals surface area contributed by atoms with E-state index < -0.39 is 0 Å². The molecular formula is C10H12N2O. The third-order valence-electron chi connectivity index (χ3n) is 1.42. The lowest BCUT2D eigenvalue weighted by atomic mass is 10.3. The van der Waals surface area contributed by atoms with E-state index in [1.807, 2.05) is 19.9 Å². The molecule has 1 rings (SSSR count). The van der Waals surface area contributed by atoms with E-state index in [4.69, 9.17) is 11.3 Å². The Morgan fingerprint density at radius 3 is 2.77 bits per heavy atom. The van der Waals surface area contributed by atoms with Crippen molar-refractivity contribution in [2.45, 2.75) is 26.5 Å². The number of hydrogen-bond acceptors (Lipinski definition) is 2. The Morgan fingerprint density at radius 2 is 2.31 bits per heavy atom. The van der Waals surface area contributed by atoms with Crippen molar-refractivity contribution in [1.29, 1.82) is 0 Å². The van der Waals surface area contributed by atoms with Crippen molar-refractivity contribution < 1.29 is 4.74 Å². The maximum Gasteiger partial charge on any atom is 0.241 e. The molecule has 3 heteroatoms. The highest BCUT2D eigenvalue weighted by atomic mass is 16.5. The fraction of sp³-hybridized carbons (Fsp3) is 0.400. The van der Waals surface area contributed by atoms with Gasteiger partial charge in [0.15, 0.2) is 0 Å². The second-order valence-corrected chi connectivity index (χ2v) is 2.99. The summed E-state index contributed by atoms with van der Waals surface area (Å²) in [6.07, 6.45) is 1.81. The van der Waals surface area contributed by atoms with Crippen LogP contribution in [0.2, 0.25) is 0 Å². The normalized spacial score (nSPS) is 9.69. The maximum absolute atomic E-state index is 6.67. The van der Waals surface area contributed by atoms with Gasteiger partial charge in [0.05, 0.1) is 6.10 Å². The molecule has 0 aliphatic carbocycles. The van der Waals surface area contributed by atoms with Gasteiger partial charge >= 0.3 is 0 Å². The first-order valence-corrected chi connectivity index (χ1v) is 4.17. The van der Waals surface area contributed by atoms with E-state index in [0.29, 0.717) is 12.4 Å². The van der Waals surface area contributed by atoms with Gasteiger partial charge in [-0.05, 0) is 19.9 Å². The SMILES string of the molecule is [C-]#[N+]Cc1ccc(OC(C)C)nc1. The zero-order valence-electron chi connectivity index (χ0n) is 7.82. The molecule has 0 fully saturated rings. The van der Waals surface area contributed by atoms with E-state index in [-0.39, 0.29) is 6.10 Å². The fourth-order valence-electron chi connectivity index (χ4n) is 0.907. The zero-order chi connectivity index (χ0) is 9.68. The van der Waals surface area contributed by atoms with Gasteiger partial charge in [0.25, 0.3) is 0 Å². The van der Waals surface area contributed by atoms with Crippen LogP contribution in [0.5, 0.6) is 5.88 Å². The molecule has 3 nitrogen and oxygen atoms in total. The van der Waals surface area contributed by atoms with E-state index in [1.54, 1.807) is 12.3 Å². The molecule has 0 unspecified atom stereocenters. The molecule has 0 saturated heterocycles. The molecule has 1 heterocycles. The molecule has 0 aromatic carbocycles. The van der Waals surface area contributed by atoms with Gasteiger partial charge in [-0.25, -0.2) is 11.6 Å². The summed E-state index contributed by atoms with van der Waals surface area (Å²) >= 11 is 0. The summed E-state index contributed by atoms with van der Waals surface area (Å²) in [6, 6.07) is 3.66. The van der Waals surface area contributed by atoms with E-state index in [1.165, 1.54) is 0 Å². The summed E-state index contributed by atoms with van der Waals surface area (Å²) in [5, 5.41) is 0. The first-order valence-electron chi connectivity index (χ1n) is 4.17. The zero-order valence-corrected chi connectivity index (χ0v) is 7.82. The van der Waals surface area contributed by atoms with Crippen LogP contribution in [0.4, 0.5) is 0 Å². The highest BCUT2D eigenvalue weighted by Gasteiger charge is 1.99. The van der Waals surface area contributed by atoms with Gasteiger partial charge < -0.3 is 9.58 Å². The summed E-state index contributed by atoms with van der Waals surface area (Å²) in [5.41, 5.74) is 0.922. The standard InChI is InChI=1S/C10H12N2O/c1-8(2)13-10-5-4-9(6-11-3)7-12-10/h4-5,7-8H,6H2,1-2H3. The third-order valence-corrected chi connectivity index (χ3v) is 1.42. The third kappa shape index (κ3) is 3.12. The molecule has 0 N–H and O–H groups in total. The Labute approximate surface area is 78.2 Å². The largest absolute Gasteiger partial charge is 0.475 e. The Bertz CT molecular complexity index is 298. The fourth-order valence-corrected chi connectivity index (χ4v) is 0.907. The van der Waals surface area contributed by atoms with Crippen molar-refractivity contribution >= 4 is 0 Å². The molecule has 0 saturated carbocycles. The Morgan fingerprint density at radius 1 is 1.54 bits per heavy atom. The van der Waals surface area contributed by atoms with Crippen molar-refractivity contribution in [3.8, 4) is 5.88 Å². The van der Waals surface area contributed by atoms with Crippen molar-refractivity contribution in [2.24, 2.45) is 0 Å². The minimum atomic E-state index is 0.138. The molecule has 13 heavy (non-hydrogen) atoms. The first-order chi connectivity index (χ1) is 6.22. The lowest BCUT2D eigenvalue weighted by Gasteiger charge is -2.07. The van der Waals surface area contributed by atoms with E-state index >= 15 is 0 Å². The van der Waals surface area contributed by atoms with Gasteiger partial charge in [-0.3, -0.25) is 0 Å². The number of aromatic nitrogens is 1. The smallest absolute Gasteiger partial charge is 0.241 e. The molecule has 0 bridgehead atoms. The average molecular weight is 176 g/mol. The summed E-state index contributed by atoms with van der Waals surface area (Å²) in [7, 11) is 0. The molecule has 0 atom stereocenters. The van der Waals surface area contributed by atoms with Gasteiger partial charge in [0.1, 0.15) is 0 Å². The van der Waals surface area contributed by atoms with Crippen LogP contribution >= 0.6 is 0 Å². The molecule has 68 valence electrons. The second kappa shape index (κ2) is 4.46. The van der Waals surface area contributed by atoms with Gasteiger partial charge in [0, 0.05) is 17.8 Å². The van der Waals surface area contributed by atoms with E-state index in [0.717, 1.165) is 5.56 Å². The summed E-state index contributed by atoms with van der Waals surface area (Å²) < 4.78 is 5.36. The van der Waals surface area contributed by atoms with Gasteiger partial charge in [-0.15, -0.1) is 0 Å². The quantitative estimate of drug-likeness (QED) is 0.660. The van der Waals surface area contributed by atoms with Crippen LogP contribution in [0.1, 0.15) is 19.4 Å². The topological polar surface area (TPSA) is 26.5 Å². The second-order valence-electron chi connectivity index (χ2n) is 2.99. The van der Waals surface area contributed by atoms with Crippen LogP contribution in [0.15, 0.2) is 18.3 Å². The summed E-state index contributed by atoms with van der Waals surface area (Å²) in [5.74, 6) is 0.615. The lowest BCUT2D eigenvalue weighted by Crippen LogP contribution is -2.06. The lowest BCUT2D eigenvalue weighted by molar-refractivity contribution is 0.232. The van der Waals surface area contributed by atoms with Crippen molar-refractivity contribution in [3.05, 3.63) is 35.3 Å². The summed E-state index contributed by atoms with van der Waals surface area (Å²) in [4.78, 5) is 7.34. The van der Waals surface area contributed by atoms with Crippen LogP contribution < -0.4 is 4.74 Å². The van der Waals surface area contributed by atoms with Crippen molar-refractivity contribution in [3.63, 3.8) is 0 Å². The molecule has 0 radical (unpaired) electrons. The number of ether oxygens (including phenoxy) is 1. The molecular weight excluding hydrogens is 164 g/mol. The molecule has 0 aliphatic rings. The van der Waals surface area contributed by atoms with Crippen molar-refractivity contribution in [2.75, 3.05) is 0 Å². The Balaban J connectivity index is 2.65. The highest BCUT2D eigenvalue weighted by Crippen LogP contribution is 2.09. The molecule has 1 aromatic rings. The maximum atomic E-state index is 6.67. The first kappa shape index (κ1) is 9.53.